The Morgan fingerprint density at radius 3 is 2.21 bits per heavy atom. The fraction of sp³-hybridized carbons (Fsp3) is 0.133. The molecule has 0 aliphatic rings. The second-order valence-electron chi connectivity index (χ2n) is 4.36. The van der Waals surface area contributed by atoms with Crippen LogP contribution in [0.15, 0.2) is 54.6 Å². The molecule has 0 atom stereocenters. The zero-order valence-electron chi connectivity index (χ0n) is 11.1. The van der Waals surface area contributed by atoms with Crippen molar-refractivity contribution in [2.45, 2.75) is 0 Å². The normalized spacial score (nSPS) is 9.79. The third kappa shape index (κ3) is 3.48. The molecule has 19 heavy (non-hydrogen) atoms. The first kappa shape index (κ1) is 13.0. The third-order valence-electron chi connectivity index (χ3n) is 2.67. The van der Waals surface area contributed by atoms with E-state index in [0.29, 0.717) is 0 Å². The van der Waals surface area contributed by atoms with Crippen LogP contribution in [0.1, 0.15) is 0 Å². The van der Waals surface area contributed by atoms with Crippen molar-refractivity contribution in [1.82, 2.24) is 0 Å². The lowest BCUT2D eigenvalue weighted by Gasteiger charge is -2.17. The molecule has 2 amide bonds. The number of nitrogens with one attached hydrogen (secondary N) is 2. The summed E-state index contributed by atoms with van der Waals surface area (Å²) in [6.45, 7) is 0. The molecule has 0 fully saturated rings. The number of urea groups is 1. The van der Waals surface area contributed by atoms with Crippen LogP contribution in [0.4, 0.5) is 21.9 Å². The van der Waals surface area contributed by atoms with Crippen LogP contribution in [0.5, 0.6) is 0 Å². The first-order chi connectivity index (χ1) is 9.16. The van der Waals surface area contributed by atoms with Gasteiger partial charge in [-0.2, -0.15) is 0 Å². The van der Waals surface area contributed by atoms with Crippen molar-refractivity contribution in [1.29, 1.82) is 0 Å². The van der Waals surface area contributed by atoms with Crippen LogP contribution in [0.2, 0.25) is 0 Å². The van der Waals surface area contributed by atoms with Crippen LogP contribution in [0, 0.1) is 0 Å². The van der Waals surface area contributed by atoms with Crippen molar-refractivity contribution >= 4 is 23.1 Å². The summed E-state index contributed by atoms with van der Waals surface area (Å²) in [4.78, 5) is 13.9. The van der Waals surface area contributed by atoms with Gasteiger partial charge in [-0.15, -0.1) is 0 Å². The van der Waals surface area contributed by atoms with Crippen LogP contribution >= 0.6 is 0 Å². The Balaban J connectivity index is 2.07. The highest BCUT2D eigenvalue weighted by molar-refractivity contribution is 6.01. The predicted molar refractivity (Wildman–Crippen MR) is 79.9 cm³/mol. The summed E-state index contributed by atoms with van der Waals surface area (Å²) in [5, 5.41) is 5.64. The molecule has 4 heteroatoms. The summed E-state index contributed by atoms with van der Waals surface area (Å²) in [6, 6.07) is 16.8. The fourth-order valence-corrected chi connectivity index (χ4v) is 1.78. The molecular formula is C15H17N3O. The minimum Gasteiger partial charge on any atom is -0.376 e. The molecule has 0 saturated carbocycles. The van der Waals surface area contributed by atoms with Gasteiger partial charge in [0.2, 0.25) is 0 Å². The fourth-order valence-electron chi connectivity index (χ4n) is 1.78. The number of carbonyl (C=O) groups excluding carboxylic acids is 1. The van der Waals surface area contributed by atoms with Gasteiger partial charge in [0.1, 0.15) is 0 Å². The van der Waals surface area contributed by atoms with Crippen molar-refractivity contribution in [2.24, 2.45) is 0 Å². The summed E-state index contributed by atoms with van der Waals surface area (Å²) in [6.07, 6.45) is 0. The number of amides is 2. The van der Waals surface area contributed by atoms with Gasteiger partial charge in [-0.05, 0) is 24.3 Å². The van der Waals surface area contributed by atoms with E-state index in [1.54, 1.807) is 0 Å². The molecule has 0 aliphatic heterocycles. The van der Waals surface area contributed by atoms with Gasteiger partial charge in [0.15, 0.2) is 0 Å². The van der Waals surface area contributed by atoms with E-state index in [0.717, 1.165) is 17.1 Å². The number of nitrogens with zero attached hydrogens (tertiary/aromatic N) is 1. The molecule has 98 valence electrons. The largest absolute Gasteiger partial charge is 0.376 e. The number of hydrogen-bond acceptors (Lipinski definition) is 2. The monoisotopic (exact) mass is 255 g/mol. The van der Waals surface area contributed by atoms with Gasteiger partial charge in [-0.1, -0.05) is 30.3 Å². The topological polar surface area (TPSA) is 44.4 Å². The molecule has 0 saturated heterocycles. The van der Waals surface area contributed by atoms with Gasteiger partial charge >= 0.3 is 6.03 Å². The van der Waals surface area contributed by atoms with Crippen LogP contribution in [0.3, 0.4) is 0 Å². The number of para-hydroxylation sites is 3. The molecule has 2 rings (SSSR count). The highest BCUT2D eigenvalue weighted by Crippen LogP contribution is 2.23. The van der Waals surface area contributed by atoms with Crippen LogP contribution in [0.25, 0.3) is 0 Å². The lowest BCUT2D eigenvalue weighted by atomic mass is 10.2. The zero-order valence-corrected chi connectivity index (χ0v) is 11.1. The standard InChI is InChI=1S/C15H17N3O/c1-18(2)14-11-7-6-10-13(14)17-15(19)16-12-8-4-3-5-9-12/h3-11H,1-2H3,(H2,16,17,19). The number of rotatable bonds is 3. The molecular weight excluding hydrogens is 238 g/mol. The number of carbonyl (C=O) groups is 1. The highest BCUT2D eigenvalue weighted by Gasteiger charge is 2.07. The zero-order chi connectivity index (χ0) is 13.7. The Kier molecular flexibility index (Phi) is 4.03. The number of anilines is 3. The summed E-state index contributed by atoms with van der Waals surface area (Å²) in [5.74, 6) is 0. The summed E-state index contributed by atoms with van der Waals surface area (Å²) < 4.78 is 0. The molecule has 0 spiro atoms. The Morgan fingerprint density at radius 2 is 1.53 bits per heavy atom. The Labute approximate surface area is 113 Å². The maximum atomic E-state index is 11.9. The smallest absolute Gasteiger partial charge is 0.323 e. The first-order valence-electron chi connectivity index (χ1n) is 6.06. The molecule has 4 nitrogen and oxygen atoms in total. The van der Waals surface area contributed by atoms with Crippen LogP contribution < -0.4 is 15.5 Å². The van der Waals surface area contributed by atoms with E-state index in [4.69, 9.17) is 0 Å². The number of hydrogen-bond donors (Lipinski definition) is 2. The lowest BCUT2D eigenvalue weighted by molar-refractivity contribution is 0.262. The van der Waals surface area contributed by atoms with E-state index < -0.39 is 0 Å². The van der Waals surface area contributed by atoms with Gasteiger partial charge in [0.25, 0.3) is 0 Å². The molecule has 2 N–H and O–H groups in total. The first-order valence-corrected chi connectivity index (χ1v) is 6.06. The summed E-state index contributed by atoms with van der Waals surface area (Å²) >= 11 is 0. The van der Waals surface area contributed by atoms with E-state index >= 15 is 0 Å². The van der Waals surface area contributed by atoms with Crippen LogP contribution in [-0.4, -0.2) is 20.1 Å². The Bertz CT molecular complexity index is 552. The van der Waals surface area contributed by atoms with Crippen molar-refractivity contribution in [3.8, 4) is 0 Å². The molecule has 0 bridgehead atoms. The molecule has 0 unspecified atom stereocenters. The van der Waals surface area contributed by atoms with E-state index in [1.165, 1.54) is 0 Å². The van der Waals surface area contributed by atoms with Crippen molar-refractivity contribution < 1.29 is 4.79 Å². The van der Waals surface area contributed by atoms with Gasteiger partial charge < -0.3 is 15.5 Å². The quantitative estimate of drug-likeness (QED) is 0.883. The predicted octanol–water partition coefficient (Wildman–Crippen LogP) is 3.40. The molecule has 0 aromatic heterocycles. The molecule has 2 aromatic rings. The lowest BCUT2D eigenvalue weighted by Crippen LogP contribution is -2.21. The van der Waals surface area contributed by atoms with E-state index in [1.807, 2.05) is 73.6 Å². The Hall–Kier alpha value is -2.49. The minimum atomic E-state index is -0.250. The van der Waals surface area contributed by atoms with E-state index in [2.05, 4.69) is 10.6 Å². The minimum absolute atomic E-state index is 0.250. The molecule has 2 aromatic carbocycles. The van der Waals surface area contributed by atoms with Crippen LogP contribution in [-0.2, 0) is 0 Å². The second kappa shape index (κ2) is 5.91. The molecule has 0 aliphatic carbocycles. The van der Waals surface area contributed by atoms with E-state index in [-0.39, 0.29) is 6.03 Å². The van der Waals surface area contributed by atoms with Gasteiger partial charge in [-0.25, -0.2) is 4.79 Å². The van der Waals surface area contributed by atoms with Crippen molar-refractivity contribution in [3.63, 3.8) is 0 Å². The molecule has 0 heterocycles. The van der Waals surface area contributed by atoms with Gasteiger partial charge in [-0.3, -0.25) is 0 Å². The third-order valence-corrected chi connectivity index (χ3v) is 2.67. The second-order valence-corrected chi connectivity index (χ2v) is 4.36. The summed E-state index contributed by atoms with van der Waals surface area (Å²) in [5.41, 5.74) is 2.51. The van der Waals surface area contributed by atoms with E-state index in [9.17, 15) is 4.79 Å². The van der Waals surface area contributed by atoms with Gasteiger partial charge in [0.05, 0.1) is 11.4 Å². The van der Waals surface area contributed by atoms with Crippen molar-refractivity contribution in [2.75, 3.05) is 29.6 Å². The van der Waals surface area contributed by atoms with Crippen molar-refractivity contribution in [3.05, 3.63) is 54.6 Å². The Morgan fingerprint density at radius 1 is 0.895 bits per heavy atom. The van der Waals surface area contributed by atoms with Gasteiger partial charge in [0, 0.05) is 19.8 Å². The maximum absolute atomic E-state index is 11.9. The summed E-state index contributed by atoms with van der Waals surface area (Å²) in [7, 11) is 3.88. The maximum Gasteiger partial charge on any atom is 0.323 e. The molecule has 0 radical (unpaired) electrons. The average molecular weight is 255 g/mol. The number of benzene rings is 2. The average Bonchev–Trinajstić information content (AvgIpc) is 2.40. The SMILES string of the molecule is CN(C)c1ccccc1NC(=O)Nc1ccccc1. The highest BCUT2D eigenvalue weighted by atomic mass is 16.2.